The van der Waals surface area contributed by atoms with E-state index in [1.165, 1.54) is 12.1 Å². The van der Waals surface area contributed by atoms with E-state index in [-0.39, 0.29) is 4.90 Å². The van der Waals surface area contributed by atoms with Gasteiger partial charge in [-0.3, -0.25) is 4.72 Å². The summed E-state index contributed by atoms with van der Waals surface area (Å²) in [4.78, 5) is 0.135. The van der Waals surface area contributed by atoms with Gasteiger partial charge in [0.1, 0.15) is 5.75 Å². The van der Waals surface area contributed by atoms with Gasteiger partial charge in [-0.15, -0.1) is 0 Å². The maximum atomic E-state index is 12.5. The molecule has 0 bridgehead atoms. The number of rotatable bonds is 6. The summed E-state index contributed by atoms with van der Waals surface area (Å²) in [5.41, 5.74) is 1.89. The molecule has 0 aliphatic rings. The fourth-order valence-electron chi connectivity index (χ4n) is 2.42. The van der Waals surface area contributed by atoms with Crippen LogP contribution in [0.25, 0.3) is 0 Å². The van der Waals surface area contributed by atoms with Gasteiger partial charge in [0.15, 0.2) is 5.11 Å². The van der Waals surface area contributed by atoms with Crippen LogP contribution < -0.4 is 20.1 Å². The first-order valence-electron chi connectivity index (χ1n) is 8.46. The van der Waals surface area contributed by atoms with E-state index >= 15 is 0 Å². The highest BCUT2D eigenvalue weighted by Gasteiger charge is 2.14. The average molecular weight is 448 g/mol. The molecule has 3 N–H and O–H groups in total. The number of thiocarbonyl (C=S) groups is 1. The molecular weight excluding hydrogens is 430 g/mol. The van der Waals surface area contributed by atoms with Gasteiger partial charge in [-0.2, -0.15) is 0 Å². The van der Waals surface area contributed by atoms with Gasteiger partial charge in [-0.25, -0.2) is 8.42 Å². The third kappa shape index (κ3) is 5.83. The fourth-order valence-corrected chi connectivity index (χ4v) is 3.84. The number of methoxy groups -OCH3 is 1. The highest BCUT2D eigenvalue weighted by atomic mass is 35.5. The highest BCUT2D eigenvalue weighted by molar-refractivity contribution is 7.92. The Morgan fingerprint density at radius 2 is 1.31 bits per heavy atom. The van der Waals surface area contributed by atoms with Crippen molar-refractivity contribution in [3.63, 3.8) is 0 Å². The zero-order valence-electron chi connectivity index (χ0n) is 15.3. The number of ether oxygens (including phenoxy) is 1. The summed E-state index contributed by atoms with van der Waals surface area (Å²) in [6.45, 7) is 0. The molecule has 0 amide bonds. The van der Waals surface area contributed by atoms with Crippen molar-refractivity contribution in [3.05, 3.63) is 77.8 Å². The zero-order chi connectivity index (χ0) is 20.9. The topological polar surface area (TPSA) is 79.5 Å². The lowest BCUT2D eigenvalue weighted by Gasteiger charge is -2.12. The normalized spacial score (nSPS) is 10.8. The molecule has 0 aliphatic carbocycles. The highest BCUT2D eigenvalue weighted by Crippen LogP contribution is 2.21. The molecule has 0 saturated heterocycles. The summed E-state index contributed by atoms with van der Waals surface area (Å²) >= 11 is 11.1. The number of sulfonamides is 1. The molecule has 3 rings (SSSR count). The molecule has 0 saturated carbocycles. The van der Waals surface area contributed by atoms with Crippen LogP contribution in [0, 0.1) is 0 Å². The third-order valence-corrected chi connectivity index (χ3v) is 5.72. The number of anilines is 3. The molecule has 0 aromatic heterocycles. The van der Waals surface area contributed by atoms with E-state index in [1.807, 2.05) is 0 Å². The lowest BCUT2D eigenvalue weighted by molar-refractivity contribution is 0.415. The largest absolute Gasteiger partial charge is 0.497 e. The van der Waals surface area contributed by atoms with Gasteiger partial charge in [0.25, 0.3) is 10.0 Å². The first-order valence-corrected chi connectivity index (χ1v) is 10.7. The molecule has 0 fully saturated rings. The molecule has 0 atom stereocenters. The van der Waals surface area contributed by atoms with E-state index in [9.17, 15) is 8.42 Å². The second-order valence-corrected chi connectivity index (χ2v) is 8.47. The molecule has 29 heavy (non-hydrogen) atoms. The molecule has 0 spiro atoms. The van der Waals surface area contributed by atoms with E-state index in [0.717, 1.165) is 5.69 Å². The Morgan fingerprint density at radius 1 is 0.828 bits per heavy atom. The van der Waals surface area contributed by atoms with Crippen molar-refractivity contribution in [1.82, 2.24) is 0 Å². The molecule has 0 aliphatic heterocycles. The smallest absolute Gasteiger partial charge is 0.261 e. The maximum absolute atomic E-state index is 12.5. The van der Waals surface area contributed by atoms with Gasteiger partial charge < -0.3 is 15.4 Å². The molecule has 9 heteroatoms. The minimum absolute atomic E-state index is 0.135. The van der Waals surface area contributed by atoms with Crippen LogP contribution in [-0.2, 0) is 10.0 Å². The second-order valence-electron chi connectivity index (χ2n) is 5.94. The van der Waals surface area contributed by atoms with Crippen molar-refractivity contribution < 1.29 is 13.2 Å². The van der Waals surface area contributed by atoms with E-state index in [4.69, 9.17) is 28.6 Å². The van der Waals surface area contributed by atoms with E-state index in [1.54, 1.807) is 67.8 Å². The Bertz CT molecular complexity index is 1090. The zero-order valence-corrected chi connectivity index (χ0v) is 17.7. The Hall–Kier alpha value is -2.81. The molecule has 150 valence electrons. The average Bonchev–Trinajstić information content (AvgIpc) is 2.70. The number of hydrogen-bond donors (Lipinski definition) is 3. The first-order chi connectivity index (χ1) is 13.9. The molecule has 3 aromatic carbocycles. The lowest BCUT2D eigenvalue weighted by atomic mass is 10.3. The maximum Gasteiger partial charge on any atom is 0.261 e. The molecule has 0 radical (unpaired) electrons. The van der Waals surface area contributed by atoms with Crippen LogP contribution in [0.4, 0.5) is 17.1 Å². The van der Waals surface area contributed by atoms with Gasteiger partial charge in [0, 0.05) is 22.1 Å². The number of halogens is 1. The molecule has 0 unspecified atom stereocenters. The first kappa shape index (κ1) is 20.9. The van der Waals surface area contributed by atoms with Crippen LogP contribution in [0.2, 0.25) is 5.02 Å². The standard InChI is InChI=1S/C20H18ClN3O3S2/c1-27-18-10-6-17(7-11-18)24-29(25,26)19-12-8-16(9-13-19)23-20(28)22-15-4-2-14(21)3-5-15/h2-13,24H,1H3,(H2,22,23,28). The summed E-state index contributed by atoms with van der Waals surface area (Å²) < 4.78 is 32.7. The van der Waals surface area contributed by atoms with Crippen molar-refractivity contribution >= 4 is 56.0 Å². The van der Waals surface area contributed by atoms with Crippen LogP contribution in [0.1, 0.15) is 0 Å². The van der Waals surface area contributed by atoms with Crippen molar-refractivity contribution in [3.8, 4) is 5.75 Å². The summed E-state index contributed by atoms with van der Waals surface area (Å²) in [7, 11) is -2.16. The Morgan fingerprint density at radius 3 is 1.83 bits per heavy atom. The van der Waals surface area contributed by atoms with Crippen LogP contribution in [0.5, 0.6) is 5.75 Å². The lowest BCUT2D eigenvalue weighted by Crippen LogP contribution is -2.19. The Labute approximate surface area is 179 Å². The molecule has 6 nitrogen and oxygen atoms in total. The predicted molar refractivity (Wildman–Crippen MR) is 122 cm³/mol. The van der Waals surface area contributed by atoms with Crippen molar-refractivity contribution in [2.75, 3.05) is 22.5 Å². The monoisotopic (exact) mass is 447 g/mol. The van der Waals surface area contributed by atoms with E-state index < -0.39 is 10.0 Å². The second kappa shape index (κ2) is 9.13. The minimum Gasteiger partial charge on any atom is -0.497 e. The Kier molecular flexibility index (Phi) is 6.58. The summed E-state index contributed by atoms with van der Waals surface area (Å²) in [6.07, 6.45) is 0. The summed E-state index contributed by atoms with van der Waals surface area (Å²) in [5.74, 6) is 0.645. The van der Waals surface area contributed by atoms with Crippen LogP contribution in [-0.4, -0.2) is 20.6 Å². The quantitative estimate of drug-likeness (QED) is 0.463. The van der Waals surface area contributed by atoms with Crippen LogP contribution in [0.15, 0.2) is 77.7 Å². The van der Waals surface area contributed by atoms with Gasteiger partial charge >= 0.3 is 0 Å². The SMILES string of the molecule is COc1ccc(NS(=O)(=O)c2ccc(NC(=S)Nc3ccc(Cl)cc3)cc2)cc1. The predicted octanol–water partition coefficient (Wildman–Crippen LogP) is 4.96. The fraction of sp³-hybridized carbons (Fsp3) is 0.0500. The van der Waals surface area contributed by atoms with Crippen molar-refractivity contribution in [2.45, 2.75) is 4.90 Å². The number of nitrogens with one attached hydrogen (secondary N) is 3. The third-order valence-electron chi connectivity index (χ3n) is 3.87. The molecule has 0 heterocycles. The van der Waals surface area contributed by atoms with Gasteiger partial charge in [0.2, 0.25) is 0 Å². The van der Waals surface area contributed by atoms with E-state index in [0.29, 0.717) is 27.3 Å². The van der Waals surface area contributed by atoms with Gasteiger partial charge in [-0.05, 0) is 85.0 Å². The minimum atomic E-state index is -3.71. The summed E-state index contributed by atoms with van der Waals surface area (Å²) in [6, 6.07) is 20.0. The molecular formula is C20H18ClN3O3S2. The van der Waals surface area contributed by atoms with Crippen LogP contribution in [0.3, 0.4) is 0 Å². The van der Waals surface area contributed by atoms with Gasteiger partial charge in [-0.1, -0.05) is 11.6 Å². The summed E-state index contributed by atoms with van der Waals surface area (Å²) in [5, 5.41) is 7.04. The molecule has 3 aromatic rings. The van der Waals surface area contributed by atoms with Crippen molar-refractivity contribution in [1.29, 1.82) is 0 Å². The van der Waals surface area contributed by atoms with E-state index in [2.05, 4.69) is 15.4 Å². The van der Waals surface area contributed by atoms with Crippen molar-refractivity contribution in [2.24, 2.45) is 0 Å². The number of hydrogen-bond acceptors (Lipinski definition) is 4. The van der Waals surface area contributed by atoms with Crippen LogP contribution >= 0.6 is 23.8 Å². The number of benzene rings is 3. The van der Waals surface area contributed by atoms with Gasteiger partial charge in [0.05, 0.1) is 12.0 Å². The Balaban J connectivity index is 1.63.